The number of fused-ring (bicyclic) bond motifs is 1. The third kappa shape index (κ3) is 3.42. The van der Waals surface area contributed by atoms with E-state index in [2.05, 4.69) is 16.7 Å². The Balaban J connectivity index is 0.000000550. The number of carboxylic acid groups (broad SMARTS) is 1. The van der Waals surface area contributed by atoms with Gasteiger partial charge in [-0.1, -0.05) is 24.3 Å². The van der Waals surface area contributed by atoms with Gasteiger partial charge in [-0.2, -0.15) is 0 Å². The second-order valence-corrected chi connectivity index (χ2v) is 3.93. The number of carbonyl (C=O) groups excluding carboxylic acids is 1. The third-order valence-electron chi connectivity index (χ3n) is 2.94. The normalized spacial score (nSPS) is 13.1. The smallest absolute Gasteiger partial charge is 0.290 e. The lowest BCUT2D eigenvalue weighted by molar-refractivity contribution is -0.123. The number of hydrogen-bond donors (Lipinski definition) is 3. The van der Waals surface area contributed by atoms with Crippen molar-refractivity contribution in [1.29, 1.82) is 0 Å². The van der Waals surface area contributed by atoms with Gasteiger partial charge >= 0.3 is 0 Å². The molecule has 19 heavy (non-hydrogen) atoms. The maximum Gasteiger partial charge on any atom is 0.290 e. The van der Waals surface area contributed by atoms with Crippen LogP contribution in [0.5, 0.6) is 0 Å². The number of carbonyl (C=O) groups is 2. The number of benzene rings is 1. The van der Waals surface area contributed by atoms with Gasteiger partial charge in [0.15, 0.2) is 0 Å². The predicted octanol–water partition coefficient (Wildman–Crippen LogP) is 1.14. The number of allylic oxidation sites excluding steroid dienone is 1. The van der Waals surface area contributed by atoms with Gasteiger partial charge in [-0.25, -0.2) is 0 Å². The first-order valence-corrected chi connectivity index (χ1v) is 5.97. The van der Waals surface area contributed by atoms with Gasteiger partial charge in [0.1, 0.15) is 0 Å². The first-order chi connectivity index (χ1) is 9.19. The number of rotatable bonds is 2. The maximum atomic E-state index is 11.7. The highest BCUT2D eigenvalue weighted by Gasteiger charge is 2.18. The molecule has 0 saturated carbocycles. The van der Waals surface area contributed by atoms with Crippen molar-refractivity contribution in [2.45, 2.75) is 20.0 Å². The summed E-state index contributed by atoms with van der Waals surface area (Å²) in [5.74, 6) is -0.0252. The van der Waals surface area contributed by atoms with Crippen LogP contribution in [-0.4, -0.2) is 24.5 Å². The largest absolute Gasteiger partial charge is 0.483 e. The number of likely N-dealkylation sites (N-methyl/N-ethyl adjacent to an activating group) is 1. The lowest BCUT2D eigenvalue weighted by Crippen LogP contribution is -2.19. The highest BCUT2D eigenvalue weighted by Crippen LogP contribution is 2.25. The Hall–Kier alpha value is -2.14. The van der Waals surface area contributed by atoms with Gasteiger partial charge < -0.3 is 15.7 Å². The van der Waals surface area contributed by atoms with Gasteiger partial charge in [0.05, 0.1) is 0 Å². The molecule has 1 aliphatic rings. The highest BCUT2D eigenvalue weighted by molar-refractivity contribution is 6.19. The van der Waals surface area contributed by atoms with Crippen molar-refractivity contribution in [3.8, 4) is 0 Å². The molecule has 0 aromatic heterocycles. The van der Waals surface area contributed by atoms with Crippen molar-refractivity contribution in [3.05, 3.63) is 41.0 Å². The van der Waals surface area contributed by atoms with Crippen LogP contribution in [0.4, 0.5) is 0 Å². The molecular weight excluding hydrogens is 244 g/mol. The summed E-state index contributed by atoms with van der Waals surface area (Å²) in [5.41, 5.74) is 4.34. The van der Waals surface area contributed by atoms with E-state index >= 15 is 0 Å². The Morgan fingerprint density at radius 1 is 1.42 bits per heavy atom. The van der Waals surface area contributed by atoms with Crippen LogP contribution >= 0.6 is 0 Å². The first-order valence-electron chi connectivity index (χ1n) is 5.97. The average Bonchev–Trinajstić information content (AvgIpc) is 2.89. The van der Waals surface area contributed by atoms with Crippen LogP contribution in [0, 0.1) is 0 Å². The summed E-state index contributed by atoms with van der Waals surface area (Å²) >= 11 is 0. The van der Waals surface area contributed by atoms with Crippen molar-refractivity contribution in [3.63, 3.8) is 0 Å². The van der Waals surface area contributed by atoms with E-state index < -0.39 is 0 Å². The summed E-state index contributed by atoms with van der Waals surface area (Å²) < 4.78 is 0. The Kier molecular flexibility index (Phi) is 5.75. The van der Waals surface area contributed by atoms with E-state index in [9.17, 15) is 4.79 Å². The molecule has 0 aliphatic carbocycles. The Morgan fingerprint density at radius 2 is 2.11 bits per heavy atom. The average molecular weight is 262 g/mol. The molecule has 1 aromatic carbocycles. The van der Waals surface area contributed by atoms with E-state index in [1.54, 1.807) is 7.05 Å². The molecule has 3 N–H and O–H groups in total. The van der Waals surface area contributed by atoms with Gasteiger partial charge in [-0.05, 0) is 23.6 Å². The second kappa shape index (κ2) is 7.33. The topological polar surface area (TPSA) is 78.4 Å². The second-order valence-electron chi connectivity index (χ2n) is 3.93. The van der Waals surface area contributed by atoms with Crippen LogP contribution in [0.1, 0.15) is 23.6 Å². The zero-order valence-corrected chi connectivity index (χ0v) is 11.1. The molecule has 0 atom stereocenters. The molecule has 0 radical (unpaired) electrons. The molecular formula is C14H18N2O3. The summed E-state index contributed by atoms with van der Waals surface area (Å²) in [4.78, 5) is 20.1. The maximum absolute atomic E-state index is 11.7. The number of nitrogens with one attached hydrogen (secondary N) is 2. The van der Waals surface area contributed by atoms with Crippen molar-refractivity contribution < 1.29 is 14.7 Å². The number of hydrogen-bond acceptors (Lipinski definition) is 3. The van der Waals surface area contributed by atoms with E-state index in [0.717, 1.165) is 24.2 Å². The van der Waals surface area contributed by atoms with Crippen molar-refractivity contribution >= 4 is 18.0 Å². The molecule has 5 heteroatoms. The molecule has 1 aliphatic heterocycles. The fourth-order valence-electron chi connectivity index (χ4n) is 2.13. The summed E-state index contributed by atoms with van der Waals surface area (Å²) in [6.07, 6.45) is 1.87. The van der Waals surface area contributed by atoms with Crippen molar-refractivity contribution in [2.75, 3.05) is 7.05 Å². The summed E-state index contributed by atoms with van der Waals surface area (Å²) in [6.45, 7) is 3.39. The van der Waals surface area contributed by atoms with Gasteiger partial charge in [0.2, 0.25) is 0 Å². The molecule has 0 unspecified atom stereocenters. The summed E-state index contributed by atoms with van der Waals surface area (Å²) in [5, 5.41) is 12.9. The minimum absolute atomic E-state index is 0.0252. The zero-order chi connectivity index (χ0) is 14.3. The van der Waals surface area contributed by atoms with Crippen LogP contribution in [0.15, 0.2) is 24.3 Å². The summed E-state index contributed by atoms with van der Waals surface area (Å²) in [6, 6.07) is 6.12. The van der Waals surface area contributed by atoms with Gasteiger partial charge in [-0.3, -0.25) is 9.59 Å². The quantitative estimate of drug-likeness (QED) is 0.551. The highest BCUT2D eigenvalue weighted by atomic mass is 16.3. The van der Waals surface area contributed by atoms with Gasteiger partial charge in [0.25, 0.3) is 12.4 Å². The van der Waals surface area contributed by atoms with Crippen LogP contribution < -0.4 is 10.6 Å². The van der Waals surface area contributed by atoms with Crippen LogP contribution in [0.2, 0.25) is 0 Å². The van der Waals surface area contributed by atoms with E-state index in [4.69, 9.17) is 9.90 Å². The molecule has 1 amide bonds. The SMILES string of the molecule is CC=C(C(=O)NC)c1cccc2c1CNC2.O=CO. The first kappa shape index (κ1) is 14.9. The van der Waals surface area contributed by atoms with Gasteiger partial charge in [0, 0.05) is 25.7 Å². The minimum Gasteiger partial charge on any atom is -0.483 e. The van der Waals surface area contributed by atoms with Crippen LogP contribution in [0.3, 0.4) is 0 Å². The Labute approximate surface area is 112 Å². The molecule has 102 valence electrons. The molecule has 0 spiro atoms. The lowest BCUT2D eigenvalue weighted by atomic mass is 9.96. The van der Waals surface area contributed by atoms with E-state index in [1.165, 1.54) is 11.1 Å². The fourth-order valence-corrected chi connectivity index (χ4v) is 2.13. The monoisotopic (exact) mass is 262 g/mol. The minimum atomic E-state index is -0.250. The van der Waals surface area contributed by atoms with E-state index in [0.29, 0.717) is 0 Å². The fraction of sp³-hybridized carbons (Fsp3) is 0.286. The van der Waals surface area contributed by atoms with Crippen molar-refractivity contribution in [2.24, 2.45) is 0 Å². The van der Waals surface area contributed by atoms with Crippen molar-refractivity contribution in [1.82, 2.24) is 10.6 Å². The molecule has 0 saturated heterocycles. The van der Waals surface area contributed by atoms with Gasteiger partial charge in [-0.15, -0.1) is 0 Å². The van der Waals surface area contributed by atoms with Crippen LogP contribution in [-0.2, 0) is 22.7 Å². The molecule has 5 nitrogen and oxygen atoms in total. The van der Waals surface area contributed by atoms with E-state index in [1.807, 2.05) is 25.1 Å². The lowest BCUT2D eigenvalue weighted by Gasteiger charge is -2.10. The zero-order valence-electron chi connectivity index (χ0n) is 11.1. The predicted molar refractivity (Wildman–Crippen MR) is 73.4 cm³/mol. The molecule has 2 rings (SSSR count). The molecule has 1 heterocycles. The Bertz CT molecular complexity index is 495. The molecule has 0 bridgehead atoms. The summed E-state index contributed by atoms with van der Waals surface area (Å²) in [7, 11) is 1.66. The van der Waals surface area contributed by atoms with E-state index in [-0.39, 0.29) is 12.4 Å². The standard InChI is InChI=1S/C13H16N2O.CH2O2/c1-3-10(13(16)14-2)11-6-4-5-9-7-15-8-12(9)11;2-1-3/h3-6,15H,7-8H2,1-2H3,(H,14,16);1H,(H,2,3). The molecule has 0 fully saturated rings. The Morgan fingerprint density at radius 3 is 2.68 bits per heavy atom. The molecule has 1 aromatic rings. The number of amides is 1. The third-order valence-corrected chi connectivity index (χ3v) is 2.94. The van der Waals surface area contributed by atoms with Crippen LogP contribution in [0.25, 0.3) is 5.57 Å².